The molecule has 19 heavy (non-hydrogen) atoms. The smallest absolute Gasteiger partial charge is 0.287 e. The lowest BCUT2D eigenvalue weighted by Crippen LogP contribution is -2.54. The van der Waals surface area contributed by atoms with Gasteiger partial charge >= 0.3 is 0 Å². The van der Waals surface area contributed by atoms with Crippen molar-refractivity contribution >= 4 is 11.7 Å². The predicted molar refractivity (Wildman–Crippen MR) is 59.5 cm³/mol. The van der Waals surface area contributed by atoms with E-state index >= 15 is 0 Å². The Morgan fingerprint density at radius 3 is 3.00 bits per heavy atom. The molecule has 1 saturated heterocycles. The Bertz CT molecular complexity index is 487. The maximum absolute atomic E-state index is 11.3. The Morgan fingerprint density at radius 2 is 2.42 bits per heavy atom. The normalized spacial score (nSPS) is 19.1. The fraction of sp³-hybridized carbons (Fsp3) is 0.556. The molecule has 1 atom stereocenters. The van der Waals surface area contributed by atoms with Crippen molar-refractivity contribution in [2.75, 3.05) is 19.8 Å². The van der Waals surface area contributed by atoms with Crippen LogP contribution in [0.4, 0.5) is 0 Å². The molecule has 1 amide bonds. The molecule has 1 aromatic heterocycles. The lowest BCUT2D eigenvalue weighted by Gasteiger charge is -2.40. The minimum atomic E-state index is -0.530. The van der Waals surface area contributed by atoms with Crippen LogP contribution in [0, 0.1) is 0 Å². The second-order valence-corrected chi connectivity index (χ2v) is 3.90. The van der Waals surface area contributed by atoms with Crippen molar-refractivity contribution in [1.29, 1.82) is 0 Å². The number of nitrogens with zero attached hydrogens (tertiary/aromatic N) is 4. The third-order valence-corrected chi connectivity index (χ3v) is 2.82. The second kappa shape index (κ2) is 5.52. The van der Waals surface area contributed by atoms with E-state index in [1.165, 1.54) is 4.90 Å². The van der Waals surface area contributed by atoms with Crippen LogP contribution in [0.3, 0.4) is 0 Å². The van der Waals surface area contributed by atoms with Gasteiger partial charge in [0.05, 0.1) is 6.04 Å². The molecule has 104 valence electrons. The monoisotopic (exact) mass is 271 g/mol. The van der Waals surface area contributed by atoms with Crippen LogP contribution in [0.25, 0.3) is 0 Å². The Labute approximate surface area is 107 Å². The number of hydrogen-bond acceptors (Lipinski definition) is 8. The summed E-state index contributed by atoms with van der Waals surface area (Å²) in [5.41, 5.74) is 5.34. The van der Waals surface area contributed by atoms with Crippen molar-refractivity contribution in [2.24, 2.45) is 10.9 Å². The van der Waals surface area contributed by atoms with E-state index < -0.39 is 6.61 Å². The number of aromatic nitrogens is 2. The molecule has 0 aliphatic carbocycles. The number of likely N-dealkylation sites (tertiary alicyclic amines) is 1. The van der Waals surface area contributed by atoms with E-state index in [1.54, 1.807) is 0 Å². The molecule has 4 N–H and O–H groups in total. The van der Waals surface area contributed by atoms with E-state index in [9.17, 15) is 4.79 Å². The van der Waals surface area contributed by atoms with Gasteiger partial charge in [-0.2, -0.15) is 0 Å². The summed E-state index contributed by atoms with van der Waals surface area (Å²) in [7, 11) is 0. The van der Waals surface area contributed by atoms with Crippen LogP contribution in [-0.2, 0) is 4.79 Å². The molecule has 0 radical (unpaired) electrons. The highest BCUT2D eigenvalue weighted by atomic mass is 16.6. The molecular formula is C9H13N5O5. The van der Waals surface area contributed by atoms with E-state index in [2.05, 4.69) is 20.1 Å². The molecule has 0 saturated carbocycles. The lowest BCUT2D eigenvalue weighted by atomic mass is 10.0. The van der Waals surface area contributed by atoms with Gasteiger partial charge in [-0.25, -0.2) is 4.63 Å². The Hall–Kier alpha value is -2.36. The summed E-state index contributed by atoms with van der Waals surface area (Å²) in [5.74, 6) is -0.651. The van der Waals surface area contributed by atoms with Gasteiger partial charge in [0.1, 0.15) is 13.2 Å². The van der Waals surface area contributed by atoms with Gasteiger partial charge in [0.25, 0.3) is 5.88 Å². The van der Waals surface area contributed by atoms with E-state index in [1.807, 2.05) is 0 Å². The minimum absolute atomic E-state index is 0.0122. The van der Waals surface area contributed by atoms with Gasteiger partial charge in [-0.05, 0) is 16.7 Å². The number of oxime groups is 1. The Morgan fingerprint density at radius 1 is 1.63 bits per heavy atom. The van der Waals surface area contributed by atoms with Crippen LogP contribution in [0.15, 0.2) is 9.78 Å². The number of carbonyl (C=O) groups is 1. The molecule has 10 heteroatoms. The van der Waals surface area contributed by atoms with E-state index in [4.69, 9.17) is 20.8 Å². The van der Waals surface area contributed by atoms with Crippen molar-refractivity contribution in [3.8, 4) is 5.88 Å². The quantitative estimate of drug-likeness (QED) is 0.244. The molecule has 2 rings (SSSR count). The first kappa shape index (κ1) is 13.1. The van der Waals surface area contributed by atoms with Gasteiger partial charge in [-0.3, -0.25) is 4.79 Å². The maximum atomic E-state index is 11.3. The largest absolute Gasteiger partial charge is 0.472 e. The fourth-order valence-electron chi connectivity index (χ4n) is 1.69. The molecular weight excluding hydrogens is 258 g/mol. The highest BCUT2D eigenvalue weighted by molar-refractivity contribution is 5.96. The summed E-state index contributed by atoms with van der Waals surface area (Å²) in [6.07, 6.45) is 0.760. The number of amides is 1. The number of aliphatic hydroxyl groups is 1. The van der Waals surface area contributed by atoms with Crippen LogP contribution >= 0.6 is 0 Å². The highest BCUT2D eigenvalue weighted by Crippen LogP contribution is 2.20. The standard InChI is InChI=1S/C9H13N5O5/c10-8(11-17)7-9(13-19-12-7)18-4-5-1-2-14(5)6(16)3-15/h5,15,17H,1-4H2,(H2,10,11)/t5-/m0/s1. The van der Waals surface area contributed by atoms with Crippen LogP contribution in [-0.4, -0.2) is 63.1 Å². The van der Waals surface area contributed by atoms with E-state index in [0.717, 1.165) is 6.42 Å². The Kier molecular flexibility index (Phi) is 3.80. The molecule has 0 aromatic carbocycles. The zero-order chi connectivity index (χ0) is 13.8. The molecule has 2 heterocycles. The van der Waals surface area contributed by atoms with Crippen LogP contribution < -0.4 is 10.5 Å². The van der Waals surface area contributed by atoms with Crippen LogP contribution in [0.2, 0.25) is 0 Å². The van der Waals surface area contributed by atoms with Gasteiger partial charge in [-0.1, -0.05) is 5.16 Å². The number of aliphatic hydroxyl groups excluding tert-OH is 1. The number of hydrogen-bond donors (Lipinski definition) is 3. The summed E-state index contributed by atoms with van der Waals surface area (Å²) in [6.45, 7) is 0.209. The predicted octanol–water partition coefficient (Wildman–Crippen LogP) is -1.86. The van der Waals surface area contributed by atoms with Crippen LogP contribution in [0.1, 0.15) is 12.1 Å². The molecule has 0 spiro atoms. The third-order valence-electron chi connectivity index (χ3n) is 2.82. The van der Waals surface area contributed by atoms with Gasteiger partial charge < -0.3 is 25.7 Å². The molecule has 1 aliphatic heterocycles. The average molecular weight is 271 g/mol. The lowest BCUT2D eigenvalue weighted by molar-refractivity contribution is -0.143. The second-order valence-electron chi connectivity index (χ2n) is 3.90. The van der Waals surface area contributed by atoms with Gasteiger partial charge in [-0.15, -0.1) is 0 Å². The van der Waals surface area contributed by atoms with E-state index in [0.29, 0.717) is 6.54 Å². The maximum Gasteiger partial charge on any atom is 0.287 e. The molecule has 1 aromatic rings. The van der Waals surface area contributed by atoms with Gasteiger partial charge in [0, 0.05) is 6.54 Å². The number of carbonyl (C=O) groups excluding carboxylic acids is 1. The van der Waals surface area contributed by atoms with Crippen LogP contribution in [0.5, 0.6) is 5.88 Å². The number of amidine groups is 1. The van der Waals surface area contributed by atoms with Crippen molar-refractivity contribution in [1.82, 2.24) is 15.2 Å². The van der Waals surface area contributed by atoms with Crippen molar-refractivity contribution < 1.29 is 24.5 Å². The minimum Gasteiger partial charge on any atom is -0.472 e. The first-order valence-electron chi connectivity index (χ1n) is 5.51. The van der Waals surface area contributed by atoms with Gasteiger partial charge in [0.2, 0.25) is 11.6 Å². The SMILES string of the molecule is N/C(=N\O)c1nonc1OC[C@@H]1CCN1C(=O)CO. The summed E-state index contributed by atoms with van der Waals surface area (Å²) in [4.78, 5) is 12.8. The van der Waals surface area contributed by atoms with E-state index in [-0.39, 0.29) is 36.0 Å². The van der Waals surface area contributed by atoms with Crippen molar-refractivity contribution in [2.45, 2.75) is 12.5 Å². The van der Waals surface area contributed by atoms with Gasteiger partial charge in [0.15, 0.2) is 5.84 Å². The molecule has 1 aliphatic rings. The Balaban J connectivity index is 1.93. The molecule has 0 bridgehead atoms. The molecule has 1 fully saturated rings. The average Bonchev–Trinajstić information content (AvgIpc) is 2.85. The summed E-state index contributed by atoms with van der Waals surface area (Å²) < 4.78 is 9.74. The topological polar surface area (TPSA) is 147 Å². The summed E-state index contributed by atoms with van der Waals surface area (Å²) in [5, 5.41) is 27.0. The zero-order valence-corrected chi connectivity index (χ0v) is 9.89. The zero-order valence-electron chi connectivity index (χ0n) is 9.89. The number of ether oxygens (including phenoxy) is 1. The fourth-order valence-corrected chi connectivity index (χ4v) is 1.69. The summed E-state index contributed by atoms with van der Waals surface area (Å²) >= 11 is 0. The first-order valence-corrected chi connectivity index (χ1v) is 5.51. The number of rotatable bonds is 5. The molecule has 10 nitrogen and oxygen atoms in total. The number of nitrogens with two attached hydrogens (primary N) is 1. The molecule has 0 unspecified atom stereocenters. The first-order chi connectivity index (χ1) is 9.17. The third kappa shape index (κ3) is 2.57. The van der Waals surface area contributed by atoms with Crippen molar-refractivity contribution in [3.63, 3.8) is 0 Å². The summed E-state index contributed by atoms with van der Waals surface area (Å²) in [6, 6.07) is -0.142. The van der Waals surface area contributed by atoms with Crippen molar-refractivity contribution in [3.05, 3.63) is 5.69 Å². The highest BCUT2D eigenvalue weighted by Gasteiger charge is 2.32.